The molecule has 0 radical (unpaired) electrons. The summed E-state index contributed by atoms with van der Waals surface area (Å²) in [6.07, 6.45) is 0.288. The van der Waals surface area contributed by atoms with Crippen LogP contribution in [0.15, 0.2) is 30.3 Å². The van der Waals surface area contributed by atoms with Gasteiger partial charge in [-0.3, -0.25) is 19.4 Å². The van der Waals surface area contributed by atoms with Crippen LogP contribution >= 0.6 is 0 Å². The topological polar surface area (TPSA) is 49.9 Å². The van der Waals surface area contributed by atoms with Crippen LogP contribution in [0.25, 0.3) is 0 Å². The Labute approximate surface area is 124 Å². The highest BCUT2D eigenvalue weighted by Gasteiger charge is 2.44. The number of amides is 2. The minimum Gasteiger partial charge on any atom is -0.379 e. The second-order valence-corrected chi connectivity index (χ2v) is 5.56. The van der Waals surface area contributed by atoms with Crippen molar-refractivity contribution in [3.05, 3.63) is 35.9 Å². The van der Waals surface area contributed by atoms with Gasteiger partial charge in [0.2, 0.25) is 11.8 Å². The van der Waals surface area contributed by atoms with E-state index in [0.29, 0.717) is 13.2 Å². The van der Waals surface area contributed by atoms with Gasteiger partial charge in [-0.05, 0) is 12.5 Å². The number of carbonyl (C=O) groups is 2. The van der Waals surface area contributed by atoms with Crippen molar-refractivity contribution in [1.29, 1.82) is 0 Å². The lowest BCUT2D eigenvalue weighted by Gasteiger charge is -2.31. The van der Waals surface area contributed by atoms with Crippen molar-refractivity contribution in [3.8, 4) is 0 Å². The van der Waals surface area contributed by atoms with Crippen LogP contribution in [0.3, 0.4) is 0 Å². The molecule has 1 aromatic rings. The fraction of sp³-hybridized carbons (Fsp3) is 0.500. The lowest BCUT2D eigenvalue weighted by molar-refractivity contribution is -0.142. The Morgan fingerprint density at radius 3 is 2.48 bits per heavy atom. The van der Waals surface area contributed by atoms with Crippen molar-refractivity contribution in [2.75, 3.05) is 26.3 Å². The van der Waals surface area contributed by atoms with E-state index in [4.69, 9.17) is 4.74 Å². The predicted molar refractivity (Wildman–Crippen MR) is 77.5 cm³/mol. The van der Waals surface area contributed by atoms with E-state index >= 15 is 0 Å². The molecule has 112 valence electrons. The van der Waals surface area contributed by atoms with Crippen LogP contribution < -0.4 is 0 Å². The molecular formula is C16H20N2O3. The molecule has 1 aromatic carbocycles. The maximum Gasteiger partial charge on any atom is 0.247 e. The molecule has 0 N–H and O–H groups in total. The molecule has 2 fully saturated rings. The number of carbonyl (C=O) groups excluding carboxylic acids is 2. The first kappa shape index (κ1) is 14.2. The summed E-state index contributed by atoms with van der Waals surface area (Å²) in [6.45, 7) is 4.61. The molecule has 5 heteroatoms. The summed E-state index contributed by atoms with van der Waals surface area (Å²) >= 11 is 0. The average Bonchev–Trinajstić information content (AvgIpc) is 2.83. The molecule has 2 atom stereocenters. The quantitative estimate of drug-likeness (QED) is 0.784. The van der Waals surface area contributed by atoms with Crippen molar-refractivity contribution in [1.82, 2.24) is 9.80 Å². The van der Waals surface area contributed by atoms with Crippen molar-refractivity contribution in [3.63, 3.8) is 0 Å². The van der Waals surface area contributed by atoms with Gasteiger partial charge in [-0.15, -0.1) is 0 Å². The largest absolute Gasteiger partial charge is 0.379 e. The molecular weight excluding hydrogens is 268 g/mol. The van der Waals surface area contributed by atoms with Gasteiger partial charge in [0.25, 0.3) is 0 Å². The Balaban J connectivity index is 1.77. The lowest BCUT2D eigenvalue weighted by atomic mass is 10.1. The standard InChI is InChI=1S/C16H20N2O3/c1-12(13-5-3-2-4-6-13)18-15(19)11-14(16(18)20)17-7-9-21-10-8-17/h2-6,12,14H,7-11H2,1H3/t12-,14-/m1/s1. The average molecular weight is 288 g/mol. The number of nitrogens with zero attached hydrogens (tertiary/aromatic N) is 2. The first-order chi connectivity index (χ1) is 10.2. The summed E-state index contributed by atoms with van der Waals surface area (Å²) in [5.41, 5.74) is 0.988. The van der Waals surface area contributed by atoms with Crippen molar-refractivity contribution >= 4 is 11.8 Å². The van der Waals surface area contributed by atoms with Gasteiger partial charge in [-0.1, -0.05) is 30.3 Å². The van der Waals surface area contributed by atoms with Crippen molar-refractivity contribution in [2.24, 2.45) is 0 Å². The van der Waals surface area contributed by atoms with Crippen LogP contribution in [0.5, 0.6) is 0 Å². The molecule has 0 saturated carbocycles. The van der Waals surface area contributed by atoms with E-state index in [0.717, 1.165) is 18.7 Å². The van der Waals surface area contributed by atoms with Crippen LogP contribution in [-0.2, 0) is 14.3 Å². The molecule has 2 aliphatic rings. The maximum atomic E-state index is 12.7. The number of likely N-dealkylation sites (tertiary alicyclic amines) is 1. The van der Waals surface area contributed by atoms with Crippen molar-refractivity contribution < 1.29 is 14.3 Å². The molecule has 2 saturated heterocycles. The zero-order chi connectivity index (χ0) is 14.8. The third-order valence-electron chi connectivity index (χ3n) is 4.31. The Morgan fingerprint density at radius 1 is 1.14 bits per heavy atom. The number of imide groups is 1. The summed E-state index contributed by atoms with van der Waals surface area (Å²) < 4.78 is 5.31. The normalized spacial score (nSPS) is 25.4. The third-order valence-corrected chi connectivity index (χ3v) is 4.31. The summed E-state index contributed by atoms with van der Waals surface area (Å²) in [7, 11) is 0. The highest BCUT2D eigenvalue weighted by molar-refractivity contribution is 6.05. The van der Waals surface area contributed by atoms with Gasteiger partial charge in [0, 0.05) is 13.1 Å². The zero-order valence-electron chi connectivity index (χ0n) is 12.2. The van der Waals surface area contributed by atoms with Crippen LogP contribution in [0.4, 0.5) is 0 Å². The maximum absolute atomic E-state index is 12.7. The number of ether oxygens (including phenoxy) is 1. The lowest BCUT2D eigenvalue weighted by Crippen LogP contribution is -2.47. The Morgan fingerprint density at radius 2 is 1.81 bits per heavy atom. The molecule has 2 aliphatic heterocycles. The van der Waals surface area contributed by atoms with Crippen LogP contribution in [-0.4, -0.2) is 54.0 Å². The fourth-order valence-corrected chi connectivity index (χ4v) is 3.10. The third kappa shape index (κ3) is 2.71. The Kier molecular flexibility index (Phi) is 4.03. The van der Waals surface area contributed by atoms with E-state index in [1.165, 1.54) is 4.90 Å². The number of rotatable bonds is 3. The van der Waals surface area contributed by atoms with E-state index < -0.39 is 0 Å². The Bertz CT molecular complexity index is 526. The SMILES string of the molecule is C[C@H](c1ccccc1)N1C(=O)C[C@@H](N2CCOCC2)C1=O. The fourth-order valence-electron chi connectivity index (χ4n) is 3.10. The van der Waals surface area contributed by atoms with Gasteiger partial charge in [-0.2, -0.15) is 0 Å². The smallest absolute Gasteiger partial charge is 0.247 e. The molecule has 0 bridgehead atoms. The minimum absolute atomic E-state index is 0.0711. The molecule has 2 amide bonds. The molecule has 21 heavy (non-hydrogen) atoms. The van der Waals surface area contributed by atoms with Gasteiger partial charge in [0.05, 0.1) is 31.7 Å². The number of morpholine rings is 1. The van der Waals surface area contributed by atoms with E-state index in [-0.39, 0.29) is 30.3 Å². The van der Waals surface area contributed by atoms with Gasteiger partial charge in [0.1, 0.15) is 0 Å². The summed E-state index contributed by atoms with van der Waals surface area (Å²) in [5.74, 6) is -0.147. The number of benzene rings is 1. The van der Waals surface area contributed by atoms with E-state index in [9.17, 15) is 9.59 Å². The van der Waals surface area contributed by atoms with Crippen LogP contribution in [0.1, 0.15) is 24.9 Å². The first-order valence-electron chi connectivity index (χ1n) is 7.41. The highest BCUT2D eigenvalue weighted by atomic mass is 16.5. The molecule has 0 spiro atoms. The van der Waals surface area contributed by atoms with Gasteiger partial charge in [-0.25, -0.2) is 0 Å². The minimum atomic E-state index is -0.312. The van der Waals surface area contributed by atoms with Crippen LogP contribution in [0.2, 0.25) is 0 Å². The molecule has 2 heterocycles. The summed E-state index contributed by atoms with van der Waals surface area (Å²) in [6, 6.07) is 9.16. The number of hydrogen-bond donors (Lipinski definition) is 0. The molecule has 5 nitrogen and oxygen atoms in total. The van der Waals surface area contributed by atoms with Gasteiger partial charge in [0.15, 0.2) is 0 Å². The zero-order valence-corrected chi connectivity index (χ0v) is 12.2. The predicted octanol–water partition coefficient (Wildman–Crippen LogP) is 1.21. The second-order valence-electron chi connectivity index (χ2n) is 5.56. The van der Waals surface area contributed by atoms with E-state index in [2.05, 4.69) is 4.90 Å². The highest BCUT2D eigenvalue weighted by Crippen LogP contribution is 2.29. The first-order valence-corrected chi connectivity index (χ1v) is 7.41. The monoisotopic (exact) mass is 288 g/mol. The number of hydrogen-bond acceptors (Lipinski definition) is 4. The second kappa shape index (κ2) is 5.95. The van der Waals surface area contributed by atoms with E-state index in [1.807, 2.05) is 37.3 Å². The molecule has 0 aromatic heterocycles. The van der Waals surface area contributed by atoms with E-state index in [1.54, 1.807) is 0 Å². The van der Waals surface area contributed by atoms with Gasteiger partial charge >= 0.3 is 0 Å². The molecule has 0 unspecified atom stereocenters. The molecule has 3 rings (SSSR count). The Hall–Kier alpha value is -1.72. The summed E-state index contributed by atoms with van der Waals surface area (Å²) in [4.78, 5) is 28.4. The summed E-state index contributed by atoms with van der Waals surface area (Å²) in [5, 5.41) is 0. The molecule has 0 aliphatic carbocycles. The van der Waals surface area contributed by atoms with Gasteiger partial charge < -0.3 is 4.74 Å². The van der Waals surface area contributed by atoms with Crippen LogP contribution in [0, 0.1) is 0 Å². The van der Waals surface area contributed by atoms with Crippen molar-refractivity contribution in [2.45, 2.75) is 25.4 Å².